The first-order valence-electron chi connectivity index (χ1n) is 6.40. The van der Waals surface area contributed by atoms with Crippen molar-refractivity contribution in [3.05, 3.63) is 29.8 Å². The summed E-state index contributed by atoms with van der Waals surface area (Å²) in [4.78, 5) is 8.85. The molecule has 1 aliphatic heterocycles. The Balaban J connectivity index is 1.92. The Labute approximate surface area is 116 Å². The first-order chi connectivity index (χ1) is 9.29. The summed E-state index contributed by atoms with van der Waals surface area (Å²) in [6, 6.07) is 4.07. The monoisotopic (exact) mass is 276 g/mol. The van der Waals surface area contributed by atoms with Crippen LogP contribution in [0.15, 0.2) is 22.9 Å². The van der Waals surface area contributed by atoms with Gasteiger partial charge in [-0.25, -0.2) is 0 Å². The maximum Gasteiger partial charge on any atom is 0.232 e. The Morgan fingerprint density at radius 1 is 1.47 bits per heavy atom. The summed E-state index contributed by atoms with van der Waals surface area (Å²) in [5.41, 5.74) is 7.98. The molecule has 2 aromatic heterocycles. The number of thioether (sulfide) groups is 1. The van der Waals surface area contributed by atoms with E-state index in [1.54, 1.807) is 6.20 Å². The van der Waals surface area contributed by atoms with Crippen LogP contribution in [-0.4, -0.2) is 32.7 Å². The number of aromatic nitrogens is 3. The molecule has 0 amide bonds. The SMILES string of the molecule is CCc1cccnc1-c1noc(C2CSCC2N)n1. The fourth-order valence-electron chi connectivity index (χ4n) is 2.23. The smallest absolute Gasteiger partial charge is 0.232 e. The summed E-state index contributed by atoms with van der Waals surface area (Å²) in [5.74, 6) is 3.27. The summed E-state index contributed by atoms with van der Waals surface area (Å²) in [7, 11) is 0. The summed E-state index contributed by atoms with van der Waals surface area (Å²) in [6.45, 7) is 2.09. The van der Waals surface area contributed by atoms with Gasteiger partial charge in [0.05, 0.1) is 5.92 Å². The van der Waals surface area contributed by atoms with Crippen molar-refractivity contribution in [1.82, 2.24) is 15.1 Å². The summed E-state index contributed by atoms with van der Waals surface area (Å²) < 4.78 is 5.38. The quantitative estimate of drug-likeness (QED) is 0.921. The zero-order valence-electron chi connectivity index (χ0n) is 10.7. The standard InChI is InChI=1S/C13H16N4OS/c1-2-8-4-3-5-15-11(8)12-16-13(18-17-12)9-6-19-7-10(9)14/h3-5,9-10H,2,6-7,14H2,1H3. The highest BCUT2D eigenvalue weighted by molar-refractivity contribution is 7.99. The highest BCUT2D eigenvalue weighted by Crippen LogP contribution is 2.31. The second-order valence-electron chi connectivity index (χ2n) is 4.63. The molecule has 0 saturated carbocycles. The first-order valence-corrected chi connectivity index (χ1v) is 7.56. The number of pyridine rings is 1. The third-order valence-corrected chi connectivity index (χ3v) is 4.58. The van der Waals surface area contributed by atoms with E-state index in [0.29, 0.717) is 11.7 Å². The van der Waals surface area contributed by atoms with E-state index in [4.69, 9.17) is 10.3 Å². The molecule has 2 atom stereocenters. The number of nitrogens with zero attached hydrogens (tertiary/aromatic N) is 3. The molecule has 2 N–H and O–H groups in total. The molecule has 2 unspecified atom stereocenters. The van der Waals surface area contributed by atoms with Crippen LogP contribution in [0.5, 0.6) is 0 Å². The number of rotatable bonds is 3. The lowest BCUT2D eigenvalue weighted by molar-refractivity contribution is 0.352. The average molecular weight is 276 g/mol. The number of aryl methyl sites for hydroxylation is 1. The van der Waals surface area contributed by atoms with Crippen LogP contribution >= 0.6 is 11.8 Å². The van der Waals surface area contributed by atoms with Crippen molar-refractivity contribution in [2.24, 2.45) is 5.73 Å². The zero-order valence-corrected chi connectivity index (χ0v) is 11.6. The van der Waals surface area contributed by atoms with E-state index < -0.39 is 0 Å². The van der Waals surface area contributed by atoms with Crippen LogP contribution in [0.3, 0.4) is 0 Å². The molecule has 3 heterocycles. The molecule has 19 heavy (non-hydrogen) atoms. The second kappa shape index (κ2) is 5.30. The van der Waals surface area contributed by atoms with Crippen molar-refractivity contribution in [3.63, 3.8) is 0 Å². The van der Waals surface area contributed by atoms with E-state index >= 15 is 0 Å². The molecule has 0 aromatic carbocycles. The van der Waals surface area contributed by atoms with Crippen molar-refractivity contribution in [2.75, 3.05) is 11.5 Å². The largest absolute Gasteiger partial charge is 0.339 e. The van der Waals surface area contributed by atoms with Gasteiger partial charge in [-0.2, -0.15) is 16.7 Å². The Bertz CT molecular complexity index is 571. The lowest BCUT2D eigenvalue weighted by atomic mass is 10.1. The van der Waals surface area contributed by atoms with Crippen LogP contribution in [0.2, 0.25) is 0 Å². The maximum absolute atomic E-state index is 6.05. The molecule has 6 heteroatoms. The van der Waals surface area contributed by atoms with E-state index in [1.165, 1.54) is 0 Å². The van der Waals surface area contributed by atoms with Gasteiger partial charge in [0, 0.05) is 23.7 Å². The van der Waals surface area contributed by atoms with Gasteiger partial charge in [0.1, 0.15) is 5.69 Å². The van der Waals surface area contributed by atoms with Gasteiger partial charge in [0.2, 0.25) is 11.7 Å². The Morgan fingerprint density at radius 3 is 3.11 bits per heavy atom. The van der Waals surface area contributed by atoms with E-state index in [1.807, 2.05) is 23.9 Å². The maximum atomic E-state index is 6.05. The Hall–Kier alpha value is -1.40. The number of hydrogen-bond acceptors (Lipinski definition) is 6. The van der Waals surface area contributed by atoms with Crippen LogP contribution in [0.4, 0.5) is 0 Å². The van der Waals surface area contributed by atoms with Crippen molar-refractivity contribution in [3.8, 4) is 11.5 Å². The highest BCUT2D eigenvalue weighted by atomic mass is 32.2. The molecule has 0 spiro atoms. The highest BCUT2D eigenvalue weighted by Gasteiger charge is 2.31. The van der Waals surface area contributed by atoms with Crippen LogP contribution in [-0.2, 0) is 6.42 Å². The molecule has 0 aliphatic carbocycles. The molecule has 0 bridgehead atoms. The Kier molecular flexibility index (Phi) is 3.52. The molecular formula is C13H16N4OS. The third kappa shape index (κ3) is 2.37. The minimum absolute atomic E-state index is 0.104. The lowest BCUT2D eigenvalue weighted by Gasteiger charge is -2.07. The van der Waals surface area contributed by atoms with Crippen LogP contribution in [0, 0.1) is 0 Å². The van der Waals surface area contributed by atoms with Gasteiger partial charge in [-0.3, -0.25) is 4.98 Å². The second-order valence-corrected chi connectivity index (χ2v) is 5.70. The fraction of sp³-hybridized carbons (Fsp3) is 0.462. The number of hydrogen-bond donors (Lipinski definition) is 1. The van der Waals surface area contributed by atoms with Gasteiger partial charge in [0.25, 0.3) is 0 Å². The third-order valence-electron chi connectivity index (χ3n) is 3.37. The molecule has 2 aromatic rings. The topological polar surface area (TPSA) is 77.8 Å². The molecule has 5 nitrogen and oxygen atoms in total. The van der Waals surface area contributed by atoms with Crippen molar-refractivity contribution in [2.45, 2.75) is 25.3 Å². The van der Waals surface area contributed by atoms with E-state index in [-0.39, 0.29) is 12.0 Å². The fourth-order valence-corrected chi connectivity index (χ4v) is 3.52. The molecule has 1 saturated heterocycles. The van der Waals surface area contributed by atoms with Gasteiger partial charge in [0.15, 0.2) is 0 Å². The van der Waals surface area contributed by atoms with Gasteiger partial charge >= 0.3 is 0 Å². The molecular weight excluding hydrogens is 260 g/mol. The van der Waals surface area contributed by atoms with E-state index in [2.05, 4.69) is 22.0 Å². The summed E-state index contributed by atoms with van der Waals surface area (Å²) >= 11 is 1.83. The molecule has 1 fully saturated rings. The van der Waals surface area contributed by atoms with Crippen molar-refractivity contribution in [1.29, 1.82) is 0 Å². The lowest BCUT2D eigenvalue weighted by Crippen LogP contribution is -2.26. The molecule has 100 valence electrons. The van der Waals surface area contributed by atoms with Gasteiger partial charge in [-0.1, -0.05) is 18.1 Å². The molecule has 3 rings (SSSR count). The van der Waals surface area contributed by atoms with Crippen molar-refractivity contribution >= 4 is 11.8 Å². The minimum Gasteiger partial charge on any atom is -0.339 e. The van der Waals surface area contributed by atoms with Crippen molar-refractivity contribution < 1.29 is 4.52 Å². The van der Waals surface area contributed by atoms with Crippen LogP contribution in [0.25, 0.3) is 11.5 Å². The van der Waals surface area contributed by atoms with E-state index in [0.717, 1.165) is 29.2 Å². The average Bonchev–Trinajstić information content (AvgIpc) is 3.07. The van der Waals surface area contributed by atoms with Crippen LogP contribution < -0.4 is 5.73 Å². The van der Waals surface area contributed by atoms with Gasteiger partial charge < -0.3 is 10.3 Å². The summed E-state index contributed by atoms with van der Waals surface area (Å²) in [5, 5.41) is 4.06. The first kappa shape index (κ1) is 12.6. The number of nitrogens with two attached hydrogens (primary N) is 1. The Morgan fingerprint density at radius 2 is 2.37 bits per heavy atom. The normalized spacial score (nSPS) is 22.8. The predicted octanol–water partition coefficient (Wildman–Crippen LogP) is 1.85. The van der Waals surface area contributed by atoms with Gasteiger partial charge in [-0.05, 0) is 18.1 Å². The molecule has 1 aliphatic rings. The van der Waals surface area contributed by atoms with Crippen LogP contribution in [0.1, 0.15) is 24.3 Å². The van der Waals surface area contributed by atoms with E-state index in [9.17, 15) is 0 Å². The zero-order chi connectivity index (χ0) is 13.2. The predicted molar refractivity (Wildman–Crippen MR) is 74.9 cm³/mol. The summed E-state index contributed by atoms with van der Waals surface area (Å²) in [6.07, 6.45) is 2.65. The minimum atomic E-state index is 0.104. The van der Waals surface area contributed by atoms with Gasteiger partial charge in [-0.15, -0.1) is 0 Å². The molecule has 0 radical (unpaired) electrons.